The molecular formula is C11H8BrF3N2. The summed E-state index contributed by atoms with van der Waals surface area (Å²) >= 11 is 3.25. The maximum absolute atomic E-state index is 12.3. The van der Waals surface area contributed by atoms with Gasteiger partial charge in [-0.3, -0.25) is 4.68 Å². The van der Waals surface area contributed by atoms with Crippen LogP contribution in [0.3, 0.4) is 0 Å². The largest absolute Gasteiger partial charge is 0.416 e. The van der Waals surface area contributed by atoms with Crippen LogP contribution in [0.4, 0.5) is 13.2 Å². The van der Waals surface area contributed by atoms with Crippen LogP contribution in [0.1, 0.15) is 11.1 Å². The number of alkyl halides is 3. The molecule has 2 rings (SSSR count). The van der Waals surface area contributed by atoms with Crippen molar-refractivity contribution in [3.63, 3.8) is 0 Å². The quantitative estimate of drug-likeness (QED) is 0.827. The van der Waals surface area contributed by atoms with E-state index in [1.807, 2.05) is 0 Å². The molecule has 0 fully saturated rings. The Morgan fingerprint density at radius 1 is 1.18 bits per heavy atom. The van der Waals surface area contributed by atoms with E-state index < -0.39 is 11.7 Å². The Balaban J connectivity index is 2.13. The number of hydrogen-bond donors (Lipinski definition) is 0. The van der Waals surface area contributed by atoms with Gasteiger partial charge in [0.25, 0.3) is 0 Å². The van der Waals surface area contributed by atoms with E-state index in [2.05, 4.69) is 21.0 Å². The molecule has 0 aliphatic heterocycles. The first-order valence-electron chi connectivity index (χ1n) is 4.79. The smallest absolute Gasteiger partial charge is 0.267 e. The van der Waals surface area contributed by atoms with Crippen molar-refractivity contribution in [3.8, 4) is 0 Å². The molecule has 0 atom stereocenters. The zero-order valence-electron chi connectivity index (χ0n) is 8.58. The molecular weight excluding hydrogens is 297 g/mol. The fraction of sp³-hybridized carbons (Fsp3) is 0.182. The highest BCUT2D eigenvalue weighted by Crippen LogP contribution is 2.29. The van der Waals surface area contributed by atoms with Gasteiger partial charge in [-0.15, -0.1) is 0 Å². The predicted octanol–water partition coefficient (Wildman–Crippen LogP) is 3.71. The number of halogens is 4. The number of hydrogen-bond acceptors (Lipinski definition) is 1. The zero-order valence-corrected chi connectivity index (χ0v) is 10.2. The van der Waals surface area contributed by atoms with E-state index in [9.17, 15) is 13.2 Å². The summed E-state index contributed by atoms with van der Waals surface area (Å²) in [7, 11) is 0. The van der Waals surface area contributed by atoms with Gasteiger partial charge in [0, 0.05) is 6.20 Å². The van der Waals surface area contributed by atoms with Crippen LogP contribution in [-0.2, 0) is 12.7 Å². The van der Waals surface area contributed by atoms with Crippen LogP contribution in [0.2, 0.25) is 0 Å². The maximum Gasteiger partial charge on any atom is 0.416 e. The SMILES string of the molecule is FC(F)(F)c1ccc(Cn2cc(Br)cn2)cc1. The first-order chi connectivity index (χ1) is 7.95. The van der Waals surface area contributed by atoms with Crippen LogP contribution in [0.5, 0.6) is 0 Å². The average Bonchev–Trinajstić information content (AvgIpc) is 2.63. The van der Waals surface area contributed by atoms with E-state index in [0.29, 0.717) is 6.54 Å². The van der Waals surface area contributed by atoms with Gasteiger partial charge in [0.05, 0.1) is 22.8 Å². The molecule has 1 aromatic heterocycles. The molecule has 2 aromatic rings. The molecule has 0 amide bonds. The van der Waals surface area contributed by atoms with Crippen LogP contribution in [0.15, 0.2) is 41.1 Å². The summed E-state index contributed by atoms with van der Waals surface area (Å²) < 4.78 is 39.5. The van der Waals surface area contributed by atoms with Crippen molar-refractivity contribution in [2.45, 2.75) is 12.7 Å². The van der Waals surface area contributed by atoms with Crippen LogP contribution in [0.25, 0.3) is 0 Å². The van der Waals surface area contributed by atoms with E-state index in [-0.39, 0.29) is 0 Å². The number of benzene rings is 1. The van der Waals surface area contributed by atoms with Gasteiger partial charge < -0.3 is 0 Å². The summed E-state index contributed by atoms with van der Waals surface area (Å²) in [6.45, 7) is 0.448. The second-order valence-corrected chi connectivity index (χ2v) is 4.47. The van der Waals surface area contributed by atoms with Crippen molar-refractivity contribution in [1.29, 1.82) is 0 Å². The monoisotopic (exact) mass is 304 g/mol. The molecule has 1 heterocycles. The number of rotatable bonds is 2. The molecule has 0 aliphatic rings. The molecule has 0 saturated heterocycles. The highest BCUT2D eigenvalue weighted by Gasteiger charge is 2.29. The molecule has 2 nitrogen and oxygen atoms in total. The van der Waals surface area contributed by atoms with Crippen LogP contribution >= 0.6 is 15.9 Å². The molecule has 0 radical (unpaired) electrons. The summed E-state index contributed by atoms with van der Waals surface area (Å²) in [4.78, 5) is 0. The summed E-state index contributed by atoms with van der Waals surface area (Å²) in [5, 5.41) is 4.03. The van der Waals surface area contributed by atoms with E-state index in [1.165, 1.54) is 12.1 Å². The van der Waals surface area contributed by atoms with E-state index in [4.69, 9.17) is 0 Å². The van der Waals surface area contributed by atoms with Crippen molar-refractivity contribution >= 4 is 15.9 Å². The fourth-order valence-electron chi connectivity index (χ4n) is 1.41. The third-order valence-corrected chi connectivity index (χ3v) is 2.64. The molecule has 1 aromatic carbocycles. The van der Waals surface area contributed by atoms with Gasteiger partial charge in [-0.05, 0) is 33.6 Å². The Labute approximate surface area is 104 Å². The predicted molar refractivity (Wildman–Crippen MR) is 60.5 cm³/mol. The minimum absolute atomic E-state index is 0.448. The van der Waals surface area contributed by atoms with E-state index in [0.717, 1.165) is 22.2 Å². The van der Waals surface area contributed by atoms with Gasteiger partial charge in [0.2, 0.25) is 0 Å². The molecule has 0 N–H and O–H groups in total. The molecule has 0 unspecified atom stereocenters. The Morgan fingerprint density at radius 3 is 2.29 bits per heavy atom. The summed E-state index contributed by atoms with van der Waals surface area (Å²) in [5.41, 5.74) is 0.136. The van der Waals surface area contributed by atoms with Gasteiger partial charge >= 0.3 is 6.18 Å². The Hall–Kier alpha value is -1.30. The second kappa shape index (κ2) is 4.52. The van der Waals surface area contributed by atoms with Crippen LogP contribution in [-0.4, -0.2) is 9.78 Å². The zero-order chi connectivity index (χ0) is 12.5. The van der Waals surface area contributed by atoms with Crippen LogP contribution < -0.4 is 0 Å². The van der Waals surface area contributed by atoms with E-state index >= 15 is 0 Å². The van der Waals surface area contributed by atoms with Crippen molar-refractivity contribution in [1.82, 2.24) is 9.78 Å². The summed E-state index contributed by atoms with van der Waals surface area (Å²) in [6.07, 6.45) is -0.894. The molecule has 0 aliphatic carbocycles. The van der Waals surface area contributed by atoms with Crippen LogP contribution in [0, 0.1) is 0 Å². The molecule has 0 saturated carbocycles. The van der Waals surface area contributed by atoms with Gasteiger partial charge in [-0.1, -0.05) is 12.1 Å². The molecule has 6 heteroatoms. The standard InChI is InChI=1S/C11H8BrF3N2/c12-10-5-16-17(7-10)6-8-1-3-9(4-2-8)11(13,14)15/h1-5,7H,6H2. The lowest BCUT2D eigenvalue weighted by atomic mass is 10.1. The van der Waals surface area contributed by atoms with Crippen molar-refractivity contribution < 1.29 is 13.2 Å². The third-order valence-electron chi connectivity index (χ3n) is 2.23. The lowest BCUT2D eigenvalue weighted by molar-refractivity contribution is -0.137. The average molecular weight is 305 g/mol. The highest BCUT2D eigenvalue weighted by molar-refractivity contribution is 9.10. The lowest BCUT2D eigenvalue weighted by Crippen LogP contribution is -2.05. The summed E-state index contributed by atoms with van der Waals surface area (Å²) in [5.74, 6) is 0. The molecule has 0 bridgehead atoms. The normalized spacial score (nSPS) is 11.8. The van der Waals surface area contributed by atoms with Gasteiger partial charge in [-0.2, -0.15) is 18.3 Å². The van der Waals surface area contributed by atoms with E-state index in [1.54, 1.807) is 17.1 Å². The van der Waals surface area contributed by atoms with Crippen molar-refractivity contribution in [2.75, 3.05) is 0 Å². The van der Waals surface area contributed by atoms with Gasteiger partial charge in [-0.25, -0.2) is 0 Å². The van der Waals surface area contributed by atoms with Crippen molar-refractivity contribution in [2.24, 2.45) is 0 Å². The highest BCUT2D eigenvalue weighted by atomic mass is 79.9. The second-order valence-electron chi connectivity index (χ2n) is 3.55. The first-order valence-corrected chi connectivity index (χ1v) is 5.58. The number of aromatic nitrogens is 2. The molecule has 0 spiro atoms. The minimum Gasteiger partial charge on any atom is -0.267 e. The Bertz CT molecular complexity index is 502. The van der Waals surface area contributed by atoms with Gasteiger partial charge in [0.15, 0.2) is 0 Å². The lowest BCUT2D eigenvalue weighted by Gasteiger charge is -2.07. The third kappa shape index (κ3) is 3.09. The van der Waals surface area contributed by atoms with Crippen molar-refractivity contribution in [3.05, 3.63) is 52.3 Å². The van der Waals surface area contributed by atoms with Gasteiger partial charge in [0.1, 0.15) is 0 Å². The molecule has 90 valence electrons. The maximum atomic E-state index is 12.3. The first kappa shape index (κ1) is 12.2. The fourth-order valence-corrected chi connectivity index (χ4v) is 1.74. The Kier molecular flexibility index (Phi) is 3.24. The summed E-state index contributed by atoms with van der Waals surface area (Å²) in [6, 6.07) is 5.07. The minimum atomic E-state index is -4.28. The topological polar surface area (TPSA) is 17.8 Å². The Morgan fingerprint density at radius 2 is 1.82 bits per heavy atom. The molecule has 17 heavy (non-hydrogen) atoms. The number of nitrogens with zero attached hydrogens (tertiary/aromatic N) is 2.